The van der Waals surface area contributed by atoms with Gasteiger partial charge in [-0.2, -0.15) is 0 Å². The molecule has 0 N–H and O–H groups in total. The van der Waals surface area contributed by atoms with Gasteiger partial charge in [-0.05, 0) is 59.1 Å². The first-order valence-electron chi connectivity index (χ1n) is 6.95. The SMILES string of the molecule is CC(C)(C)OC[C@@H]1CCN(c2cc(Br)cnc2[N+](=O)[O-])C1. The van der Waals surface area contributed by atoms with E-state index in [2.05, 4.69) is 20.9 Å². The summed E-state index contributed by atoms with van der Waals surface area (Å²) < 4.78 is 6.56. The largest absolute Gasteiger partial charge is 0.387 e. The fraction of sp³-hybridized carbons (Fsp3) is 0.643. The van der Waals surface area contributed by atoms with Gasteiger partial charge in [0.25, 0.3) is 0 Å². The van der Waals surface area contributed by atoms with Crippen LogP contribution in [0.1, 0.15) is 27.2 Å². The van der Waals surface area contributed by atoms with Crippen molar-refractivity contribution in [3.63, 3.8) is 0 Å². The number of ether oxygens (including phenoxy) is 1. The Kier molecular flexibility index (Phi) is 4.83. The Morgan fingerprint density at radius 2 is 2.29 bits per heavy atom. The van der Waals surface area contributed by atoms with Crippen molar-refractivity contribution >= 4 is 27.4 Å². The molecule has 2 rings (SSSR count). The molecule has 1 aliphatic heterocycles. The van der Waals surface area contributed by atoms with Gasteiger partial charge in [0, 0.05) is 19.0 Å². The Morgan fingerprint density at radius 3 is 2.90 bits per heavy atom. The first-order valence-corrected chi connectivity index (χ1v) is 7.74. The molecule has 0 aromatic carbocycles. The summed E-state index contributed by atoms with van der Waals surface area (Å²) in [4.78, 5) is 16.6. The monoisotopic (exact) mass is 357 g/mol. The second kappa shape index (κ2) is 6.27. The van der Waals surface area contributed by atoms with Crippen LogP contribution in [0.4, 0.5) is 11.5 Å². The highest BCUT2D eigenvalue weighted by atomic mass is 79.9. The van der Waals surface area contributed by atoms with Crippen LogP contribution in [0.25, 0.3) is 0 Å². The second-order valence-electron chi connectivity index (χ2n) is 6.28. The van der Waals surface area contributed by atoms with Crippen molar-refractivity contribution in [3.8, 4) is 0 Å². The Balaban J connectivity index is 2.07. The molecule has 7 heteroatoms. The number of hydrogen-bond acceptors (Lipinski definition) is 5. The number of pyridine rings is 1. The zero-order valence-corrected chi connectivity index (χ0v) is 14.1. The van der Waals surface area contributed by atoms with Crippen LogP contribution in [-0.4, -0.2) is 35.2 Å². The lowest BCUT2D eigenvalue weighted by molar-refractivity contribution is -0.388. The molecule has 1 atom stereocenters. The van der Waals surface area contributed by atoms with E-state index in [0.717, 1.165) is 24.0 Å². The Morgan fingerprint density at radius 1 is 1.57 bits per heavy atom. The second-order valence-corrected chi connectivity index (χ2v) is 7.19. The molecule has 1 fully saturated rings. The van der Waals surface area contributed by atoms with E-state index in [-0.39, 0.29) is 11.4 Å². The molecule has 1 aromatic rings. The highest BCUT2D eigenvalue weighted by Gasteiger charge is 2.29. The van der Waals surface area contributed by atoms with E-state index in [4.69, 9.17) is 4.74 Å². The molecule has 1 aromatic heterocycles. The van der Waals surface area contributed by atoms with Gasteiger partial charge in [0.2, 0.25) is 0 Å². The fourth-order valence-corrected chi connectivity index (χ4v) is 2.67. The van der Waals surface area contributed by atoms with Crippen LogP contribution in [-0.2, 0) is 4.74 Å². The lowest BCUT2D eigenvalue weighted by atomic mass is 10.1. The first kappa shape index (κ1) is 16.2. The summed E-state index contributed by atoms with van der Waals surface area (Å²) in [6.45, 7) is 8.32. The summed E-state index contributed by atoms with van der Waals surface area (Å²) in [7, 11) is 0. The molecule has 0 saturated carbocycles. The van der Waals surface area contributed by atoms with Crippen molar-refractivity contribution in [1.82, 2.24) is 4.98 Å². The van der Waals surface area contributed by atoms with E-state index >= 15 is 0 Å². The summed E-state index contributed by atoms with van der Waals surface area (Å²) in [5.41, 5.74) is 0.421. The molecule has 0 radical (unpaired) electrons. The minimum Gasteiger partial charge on any atom is -0.376 e. The molecular weight excluding hydrogens is 338 g/mol. The van der Waals surface area contributed by atoms with Gasteiger partial charge in [-0.25, -0.2) is 0 Å². The standard InChI is InChI=1S/C14H20BrN3O3/c1-14(2,3)21-9-10-4-5-17(8-10)12-6-11(15)7-16-13(12)18(19)20/h6-7,10H,4-5,8-9H2,1-3H3/t10-/m1/s1. The maximum atomic E-state index is 11.1. The minimum atomic E-state index is -0.430. The number of nitro groups is 1. The van der Waals surface area contributed by atoms with Crippen LogP contribution in [0.5, 0.6) is 0 Å². The van der Waals surface area contributed by atoms with Gasteiger partial charge in [0.15, 0.2) is 6.20 Å². The van der Waals surface area contributed by atoms with Crippen LogP contribution in [0.15, 0.2) is 16.7 Å². The van der Waals surface area contributed by atoms with E-state index < -0.39 is 4.92 Å². The van der Waals surface area contributed by atoms with Crippen LogP contribution in [0.2, 0.25) is 0 Å². The number of aromatic nitrogens is 1. The molecular formula is C14H20BrN3O3. The van der Waals surface area contributed by atoms with E-state index in [9.17, 15) is 10.1 Å². The molecule has 116 valence electrons. The van der Waals surface area contributed by atoms with Crippen LogP contribution >= 0.6 is 15.9 Å². The number of anilines is 1. The van der Waals surface area contributed by atoms with Crippen molar-refractivity contribution < 1.29 is 9.66 Å². The normalized spacial score (nSPS) is 19.0. The van der Waals surface area contributed by atoms with Gasteiger partial charge in [-0.15, -0.1) is 0 Å². The van der Waals surface area contributed by atoms with E-state index in [1.165, 1.54) is 6.20 Å². The van der Waals surface area contributed by atoms with Gasteiger partial charge in [-0.1, -0.05) is 0 Å². The molecule has 1 saturated heterocycles. The quantitative estimate of drug-likeness (QED) is 0.610. The highest BCUT2D eigenvalue weighted by Crippen LogP contribution is 2.33. The minimum absolute atomic E-state index is 0.0874. The summed E-state index contributed by atoms with van der Waals surface area (Å²) >= 11 is 3.33. The Bertz CT molecular complexity index is 531. The molecule has 0 amide bonds. The fourth-order valence-electron chi connectivity index (χ4n) is 2.35. The topological polar surface area (TPSA) is 68.5 Å². The molecule has 0 unspecified atom stereocenters. The highest BCUT2D eigenvalue weighted by molar-refractivity contribution is 9.10. The third kappa shape index (κ3) is 4.38. The Labute approximate surface area is 132 Å². The molecule has 0 bridgehead atoms. The van der Waals surface area contributed by atoms with Crippen molar-refractivity contribution in [1.29, 1.82) is 0 Å². The van der Waals surface area contributed by atoms with Crippen molar-refractivity contribution in [2.24, 2.45) is 5.92 Å². The van der Waals surface area contributed by atoms with Gasteiger partial charge < -0.3 is 19.8 Å². The first-order chi connectivity index (χ1) is 9.76. The zero-order chi connectivity index (χ0) is 15.6. The lowest BCUT2D eigenvalue weighted by Gasteiger charge is -2.23. The van der Waals surface area contributed by atoms with Crippen LogP contribution in [0.3, 0.4) is 0 Å². The van der Waals surface area contributed by atoms with Crippen molar-refractivity contribution in [2.45, 2.75) is 32.8 Å². The lowest BCUT2D eigenvalue weighted by Crippen LogP contribution is -2.26. The third-order valence-corrected chi connectivity index (χ3v) is 3.80. The average Bonchev–Trinajstić information content (AvgIpc) is 2.83. The van der Waals surface area contributed by atoms with E-state index in [1.54, 1.807) is 6.07 Å². The molecule has 2 heterocycles. The predicted octanol–water partition coefficient (Wildman–Crippen LogP) is 3.39. The molecule has 1 aliphatic rings. The number of halogens is 1. The maximum Gasteiger partial charge on any atom is 0.387 e. The molecule has 21 heavy (non-hydrogen) atoms. The van der Waals surface area contributed by atoms with Gasteiger partial charge in [-0.3, -0.25) is 0 Å². The smallest absolute Gasteiger partial charge is 0.376 e. The van der Waals surface area contributed by atoms with E-state index in [0.29, 0.717) is 18.2 Å². The van der Waals surface area contributed by atoms with Gasteiger partial charge >= 0.3 is 5.82 Å². The number of hydrogen-bond donors (Lipinski definition) is 0. The molecule has 0 spiro atoms. The maximum absolute atomic E-state index is 11.1. The van der Waals surface area contributed by atoms with E-state index in [1.807, 2.05) is 25.7 Å². The average molecular weight is 358 g/mol. The number of rotatable bonds is 4. The predicted molar refractivity (Wildman–Crippen MR) is 84.6 cm³/mol. The van der Waals surface area contributed by atoms with Gasteiger partial charge in [0.05, 0.1) is 16.7 Å². The van der Waals surface area contributed by atoms with Crippen molar-refractivity contribution in [3.05, 3.63) is 26.9 Å². The summed E-state index contributed by atoms with van der Waals surface area (Å²) in [5, 5.41) is 11.1. The molecule has 0 aliphatic carbocycles. The van der Waals surface area contributed by atoms with Crippen molar-refractivity contribution in [2.75, 3.05) is 24.6 Å². The Hall–Kier alpha value is -1.21. The van der Waals surface area contributed by atoms with Gasteiger partial charge in [0.1, 0.15) is 5.69 Å². The summed E-state index contributed by atoms with van der Waals surface area (Å²) in [6.07, 6.45) is 2.43. The summed E-state index contributed by atoms with van der Waals surface area (Å²) in [5.74, 6) is 0.304. The summed E-state index contributed by atoms with van der Waals surface area (Å²) in [6, 6.07) is 1.76. The number of nitrogens with zero attached hydrogens (tertiary/aromatic N) is 3. The zero-order valence-electron chi connectivity index (χ0n) is 12.5. The molecule has 6 nitrogen and oxygen atoms in total. The third-order valence-electron chi connectivity index (χ3n) is 3.37. The van der Waals surface area contributed by atoms with Crippen LogP contribution in [0, 0.1) is 16.0 Å². The van der Waals surface area contributed by atoms with Crippen LogP contribution < -0.4 is 4.90 Å².